The standard InChI is InChI=1S/C26H27NO5S/c1-14(2)31-26(30)23-15(3)27-20-12-18(22-6-5-11-33-22)13-21(29)25(20)24(23)17-7-9-19(10-8-17)32-16(4)28/h5-11,14,18,24,27H,12-13H2,1-4H3. The van der Waals surface area contributed by atoms with Crippen LogP contribution in [0.2, 0.25) is 0 Å². The lowest BCUT2D eigenvalue weighted by atomic mass is 9.72. The maximum Gasteiger partial charge on any atom is 0.337 e. The molecule has 4 rings (SSSR count). The molecule has 0 amide bonds. The smallest absolute Gasteiger partial charge is 0.337 e. The van der Waals surface area contributed by atoms with Gasteiger partial charge in [0.05, 0.1) is 11.7 Å². The summed E-state index contributed by atoms with van der Waals surface area (Å²) in [4.78, 5) is 39.1. The number of carbonyl (C=O) groups excluding carboxylic acids is 3. The number of carbonyl (C=O) groups is 3. The van der Waals surface area contributed by atoms with E-state index in [1.54, 1.807) is 49.4 Å². The zero-order valence-electron chi connectivity index (χ0n) is 19.1. The Labute approximate surface area is 197 Å². The van der Waals surface area contributed by atoms with Crippen molar-refractivity contribution in [3.05, 3.63) is 74.8 Å². The van der Waals surface area contributed by atoms with Crippen LogP contribution in [-0.2, 0) is 19.1 Å². The minimum atomic E-state index is -0.546. The van der Waals surface area contributed by atoms with E-state index in [2.05, 4.69) is 11.4 Å². The Bertz CT molecular complexity index is 1140. The van der Waals surface area contributed by atoms with Crippen LogP contribution in [-0.4, -0.2) is 23.8 Å². The summed E-state index contributed by atoms with van der Waals surface area (Å²) in [5.74, 6) is -0.839. The highest BCUT2D eigenvalue weighted by Crippen LogP contribution is 2.46. The van der Waals surface area contributed by atoms with Gasteiger partial charge in [0.25, 0.3) is 0 Å². The zero-order chi connectivity index (χ0) is 23.7. The molecule has 1 aromatic heterocycles. The molecule has 6 nitrogen and oxygen atoms in total. The van der Waals surface area contributed by atoms with Crippen LogP contribution < -0.4 is 10.1 Å². The summed E-state index contributed by atoms with van der Waals surface area (Å²) in [5, 5.41) is 5.38. The van der Waals surface area contributed by atoms with Crippen molar-refractivity contribution in [2.75, 3.05) is 0 Å². The average molecular weight is 466 g/mol. The fourth-order valence-electron chi connectivity index (χ4n) is 4.54. The molecule has 2 aromatic rings. The summed E-state index contributed by atoms with van der Waals surface area (Å²) in [6.45, 7) is 6.79. The minimum absolute atomic E-state index is 0.0264. The summed E-state index contributed by atoms with van der Waals surface area (Å²) in [6, 6.07) is 11.0. The van der Waals surface area contributed by atoms with Crippen LogP contribution in [0.3, 0.4) is 0 Å². The van der Waals surface area contributed by atoms with Crippen molar-refractivity contribution in [1.29, 1.82) is 0 Å². The molecule has 172 valence electrons. The number of rotatable bonds is 5. The molecule has 2 unspecified atom stereocenters. The van der Waals surface area contributed by atoms with Crippen molar-refractivity contribution in [3.63, 3.8) is 0 Å². The largest absolute Gasteiger partial charge is 0.460 e. The third-order valence-corrected chi connectivity index (χ3v) is 6.85. The molecule has 1 aliphatic heterocycles. The number of allylic oxidation sites excluding steroid dienone is 3. The van der Waals surface area contributed by atoms with E-state index < -0.39 is 17.9 Å². The van der Waals surface area contributed by atoms with Crippen LogP contribution >= 0.6 is 11.3 Å². The Balaban J connectivity index is 1.77. The third-order valence-electron chi connectivity index (χ3n) is 5.81. The summed E-state index contributed by atoms with van der Waals surface area (Å²) in [7, 11) is 0. The van der Waals surface area contributed by atoms with Crippen molar-refractivity contribution in [2.24, 2.45) is 0 Å². The molecule has 0 saturated carbocycles. The molecule has 0 saturated heterocycles. The normalized spacial score (nSPS) is 20.5. The van der Waals surface area contributed by atoms with Gasteiger partial charge >= 0.3 is 11.9 Å². The Hall–Kier alpha value is -3.19. The van der Waals surface area contributed by atoms with Gasteiger partial charge in [-0.15, -0.1) is 11.3 Å². The van der Waals surface area contributed by atoms with Crippen molar-refractivity contribution in [2.45, 2.75) is 58.5 Å². The van der Waals surface area contributed by atoms with Gasteiger partial charge in [-0.3, -0.25) is 9.59 Å². The number of dihydropyridines is 1. The highest BCUT2D eigenvalue weighted by Gasteiger charge is 2.41. The summed E-state index contributed by atoms with van der Waals surface area (Å²) >= 11 is 1.66. The molecule has 2 aliphatic rings. The predicted octanol–water partition coefficient (Wildman–Crippen LogP) is 4.99. The average Bonchev–Trinajstić information content (AvgIpc) is 3.27. The Morgan fingerprint density at radius 2 is 1.85 bits per heavy atom. The molecular formula is C26H27NO5S. The molecule has 0 bridgehead atoms. The number of Topliss-reactive ketones (excluding diaryl/α,β-unsaturated/α-hetero) is 1. The summed E-state index contributed by atoms with van der Waals surface area (Å²) in [6.07, 6.45) is 0.813. The quantitative estimate of drug-likeness (QED) is 0.495. The van der Waals surface area contributed by atoms with Gasteiger partial charge in [-0.05, 0) is 56.3 Å². The highest BCUT2D eigenvalue weighted by molar-refractivity contribution is 7.10. The lowest BCUT2D eigenvalue weighted by molar-refractivity contribution is -0.143. The minimum Gasteiger partial charge on any atom is -0.460 e. The molecule has 0 radical (unpaired) electrons. The van der Waals surface area contributed by atoms with Gasteiger partial charge in [0.15, 0.2) is 5.78 Å². The second kappa shape index (κ2) is 9.35. The lowest BCUT2D eigenvalue weighted by Crippen LogP contribution is -2.36. The van der Waals surface area contributed by atoms with E-state index in [1.807, 2.05) is 18.4 Å². The van der Waals surface area contributed by atoms with E-state index >= 15 is 0 Å². The number of thiophene rings is 1. The molecule has 7 heteroatoms. The molecule has 33 heavy (non-hydrogen) atoms. The van der Waals surface area contributed by atoms with Crippen LogP contribution in [0.1, 0.15) is 62.8 Å². The number of benzene rings is 1. The Morgan fingerprint density at radius 3 is 2.45 bits per heavy atom. The van der Waals surface area contributed by atoms with Crippen LogP contribution in [0.5, 0.6) is 5.75 Å². The molecule has 0 fully saturated rings. The van der Waals surface area contributed by atoms with E-state index in [9.17, 15) is 14.4 Å². The van der Waals surface area contributed by atoms with Gasteiger partial charge in [-0.2, -0.15) is 0 Å². The number of ether oxygens (including phenoxy) is 2. The Morgan fingerprint density at radius 1 is 1.12 bits per heavy atom. The Kier molecular flexibility index (Phi) is 6.51. The van der Waals surface area contributed by atoms with Gasteiger partial charge in [0.2, 0.25) is 0 Å². The lowest BCUT2D eigenvalue weighted by Gasteiger charge is -2.36. The maximum atomic E-state index is 13.5. The predicted molar refractivity (Wildman–Crippen MR) is 126 cm³/mol. The van der Waals surface area contributed by atoms with Gasteiger partial charge < -0.3 is 14.8 Å². The van der Waals surface area contributed by atoms with E-state index in [1.165, 1.54) is 11.8 Å². The topological polar surface area (TPSA) is 81.7 Å². The number of hydrogen-bond acceptors (Lipinski definition) is 7. The summed E-state index contributed by atoms with van der Waals surface area (Å²) in [5.41, 5.74) is 3.37. The van der Waals surface area contributed by atoms with Crippen LogP contribution in [0, 0.1) is 0 Å². The van der Waals surface area contributed by atoms with Gasteiger partial charge in [0, 0.05) is 47.0 Å². The first-order valence-electron chi connectivity index (χ1n) is 11.0. The van der Waals surface area contributed by atoms with E-state index in [0.29, 0.717) is 35.4 Å². The first-order chi connectivity index (χ1) is 15.7. The van der Waals surface area contributed by atoms with E-state index in [-0.39, 0.29) is 17.8 Å². The van der Waals surface area contributed by atoms with Gasteiger partial charge in [0.1, 0.15) is 5.75 Å². The number of nitrogens with one attached hydrogen (secondary N) is 1. The monoisotopic (exact) mass is 465 g/mol. The second-order valence-corrected chi connectivity index (χ2v) is 9.63. The van der Waals surface area contributed by atoms with Gasteiger partial charge in [-0.1, -0.05) is 18.2 Å². The number of ketones is 1. The second-order valence-electron chi connectivity index (χ2n) is 8.65. The molecular weight excluding hydrogens is 438 g/mol. The fourth-order valence-corrected chi connectivity index (χ4v) is 5.37. The van der Waals surface area contributed by atoms with Crippen molar-refractivity contribution >= 4 is 29.1 Å². The van der Waals surface area contributed by atoms with Crippen LogP contribution in [0.4, 0.5) is 0 Å². The fraction of sp³-hybridized carbons (Fsp3) is 0.346. The molecule has 2 atom stereocenters. The van der Waals surface area contributed by atoms with Crippen LogP contribution in [0.25, 0.3) is 0 Å². The summed E-state index contributed by atoms with van der Waals surface area (Å²) < 4.78 is 10.7. The van der Waals surface area contributed by atoms with E-state index in [4.69, 9.17) is 9.47 Å². The maximum absolute atomic E-state index is 13.5. The van der Waals surface area contributed by atoms with Crippen molar-refractivity contribution < 1.29 is 23.9 Å². The SMILES string of the molecule is CC(=O)Oc1ccc(C2C(C(=O)OC(C)C)=C(C)NC3=C2C(=O)CC(c2cccs2)C3)cc1. The van der Waals surface area contributed by atoms with Gasteiger partial charge in [-0.25, -0.2) is 4.79 Å². The molecule has 2 heterocycles. The third kappa shape index (κ3) is 4.78. The van der Waals surface area contributed by atoms with Crippen LogP contribution in [0.15, 0.2) is 64.3 Å². The molecule has 1 aromatic carbocycles. The first-order valence-corrected chi connectivity index (χ1v) is 11.9. The highest BCUT2D eigenvalue weighted by atomic mass is 32.1. The molecule has 1 aliphatic carbocycles. The first kappa shape index (κ1) is 23.0. The zero-order valence-corrected chi connectivity index (χ0v) is 20.0. The molecule has 1 N–H and O–H groups in total. The molecule has 0 spiro atoms. The van der Waals surface area contributed by atoms with E-state index in [0.717, 1.165) is 11.3 Å². The number of esters is 2. The number of hydrogen-bond donors (Lipinski definition) is 1. The van der Waals surface area contributed by atoms with Crippen molar-refractivity contribution in [3.8, 4) is 5.75 Å². The van der Waals surface area contributed by atoms with Crippen molar-refractivity contribution in [1.82, 2.24) is 5.32 Å².